The normalized spacial score (nSPS) is 10.8. The van der Waals surface area contributed by atoms with Gasteiger partial charge < -0.3 is 20.4 Å². The second-order valence-corrected chi connectivity index (χ2v) is 14.8. The monoisotopic (exact) mass is 659 g/mol. The Morgan fingerprint density at radius 3 is 0.633 bits per heavy atom. The average molecular weight is 660 g/mol. The van der Waals surface area contributed by atoms with Crippen LogP contribution in [-0.4, -0.2) is 20.4 Å². The largest absolute Gasteiger partial charge is 0.504 e. The van der Waals surface area contributed by atoms with Crippen LogP contribution in [0.3, 0.4) is 0 Å². The molecule has 0 bridgehead atoms. The number of hydrogen-bond donors (Lipinski definition) is 4. The maximum absolute atomic E-state index is 9.17. The molecule has 0 aliphatic carbocycles. The van der Waals surface area contributed by atoms with Crippen molar-refractivity contribution in [1.82, 2.24) is 0 Å². The molecule has 0 amide bonds. The van der Waals surface area contributed by atoms with E-state index in [-0.39, 0.29) is 23.0 Å². The molecule has 0 heterocycles. The van der Waals surface area contributed by atoms with Gasteiger partial charge in [-0.05, 0) is 94.3 Å². The van der Waals surface area contributed by atoms with Crippen LogP contribution in [0.15, 0.2) is 194 Å². The lowest BCUT2D eigenvalue weighted by molar-refractivity contribution is 0.405. The number of aromatic hydroxyl groups is 4. The van der Waals surface area contributed by atoms with E-state index in [0.29, 0.717) is 0 Å². The summed E-state index contributed by atoms with van der Waals surface area (Å²) in [5.74, 6) is -0.301. The van der Waals surface area contributed by atoms with Gasteiger partial charge in [-0.2, -0.15) is 0 Å². The Balaban J connectivity index is 0.000000144. The molecule has 0 unspecified atom stereocenters. The Bertz CT molecular complexity index is 1930. The molecule has 0 aliphatic heterocycles. The Morgan fingerprint density at radius 1 is 0.245 bits per heavy atom. The van der Waals surface area contributed by atoms with Crippen molar-refractivity contribution >= 4 is 50.0 Å². The van der Waals surface area contributed by atoms with E-state index in [9.17, 15) is 0 Å². The average Bonchev–Trinajstić information content (AvgIpc) is 3.15. The summed E-state index contributed by atoms with van der Waals surface area (Å²) >= 11 is 0. The first-order valence-corrected chi connectivity index (χ1v) is 17.7. The van der Waals surface area contributed by atoms with Crippen LogP contribution in [0.2, 0.25) is 0 Å². The fourth-order valence-corrected chi connectivity index (χ4v) is 10.2. The minimum absolute atomic E-state index is 0.0753. The molecule has 4 N–H and O–H groups in total. The summed E-state index contributed by atoms with van der Waals surface area (Å²) < 4.78 is 0. The van der Waals surface area contributed by atoms with Gasteiger partial charge >= 0.3 is 0 Å². The summed E-state index contributed by atoms with van der Waals surface area (Å²) in [7, 11) is -1.91. The summed E-state index contributed by atoms with van der Waals surface area (Å²) in [6, 6.07) is 65.1. The van der Waals surface area contributed by atoms with E-state index in [1.807, 2.05) is 48.5 Å². The maximum Gasteiger partial charge on any atom is 0.158 e. The van der Waals surface area contributed by atoms with Crippen LogP contribution in [-0.2, 0) is 0 Å². The van der Waals surface area contributed by atoms with Crippen LogP contribution in [0.5, 0.6) is 23.0 Å². The molecular weight excluding hydrogens is 623 g/mol. The molecule has 0 radical (unpaired) electrons. The van der Waals surface area contributed by atoms with Gasteiger partial charge in [-0.3, -0.25) is 0 Å². The Morgan fingerprint density at radius 2 is 0.429 bits per heavy atom. The van der Waals surface area contributed by atoms with Crippen LogP contribution < -0.4 is 21.2 Å². The minimum Gasteiger partial charge on any atom is -0.504 e. The first-order valence-electron chi connectivity index (χ1n) is 15.9. The molecule has 240 valence electrons. The first-order chi connectivity index (χ1) is 24.0. The molecule has 8 rings (SSSR count). The molecule has 0 aromatic heterocycles. The van der Waals surface area contributed by atoms with E-state index < -0.39 is 7.26 Å². The fraction of sp³-hybridized carbons (Fsp3) is 0. The van der Waals surface area contributed by atoms with Gasteiger partial charge in [-0.1, -0.05) is 121 Å². The molecule has 0 aliphatic rings. The Kier molecular flexibility index (Phi) is 10.2. The number of hydrogen-bond acceptors (Lipinski definition) is 4. The molecule has 0 saturated heterocycles. The summed E-state index contributed by atoms with van der Waals surface area (Å²) in [5, 5.41) is 45.9. The SMILES string of the molecule is Oc1cc2ccccc2cc1O.Oc1cc2ccccc2cc1O.c1ccc([P+](c2ccccc2)(c2ccccc2)c2ccccc2)cc1. The first kappa shape index (κ1) is 32.8. The van der Waals surface area contributed by atoms with E-state index in [2.05, 4.69) is 121 Å². The van der Waals surface area contributed by atoms with Crippen molar-refractivity contribution in [3.63, 3.8) is 0 Å². The zero-order chi connectivity index (χ0) is 34.1. The second kappa shape index (κ2) is 15.2. The third-order valence-corrected chi connectivity index (χ3v) is 12.6. The number of phenolic OH excluding ortho intramolecular Hbond substituents is 4. The van der Waals surface area contributed by atoms with Crippen molar-refractivity contribution in [2.75, 3.05) is 0 Å². The molecular formula is C44H36O4P+. The van der Waals surface area contributed by atoms with Gasteiger partial charge in [0, 0.05) is 0 Å². The molecule has 0 atom stereocenters. The lowest BCUT2D eigenvalue weighted by Crippen LogP contribution is -2.38. The predicted octanol–water partition coefficient (Wildman–Crippen LogP) is 8.81. The van der Waals surface area contributed by atoms with Crippen molar-refractivity contribution in [3.05, 3.63) is 194 Å². The molecule has 0 spiro atoms. The van der Waals surface area contributed by atoms with Gasteiger partial charge in [0.2, 0.25) is 0 Å². The topological polar surface area (TPSA) is 80.9 Å². The van der Waals surface area contributed by atoms with E-state index in [0.717, 1.165) is 21.5 Å². The van der Waals surface area contributed by atoms with Crippen molar-refractivity contribution in [1.29, 1.82) is 0 Å². The van der Waals surface area contributed by atoms with E-state index >= 15 is 0 Å². The third kappa shape index (κ3) is 7.26. The molecule has 8 aromatic carbocycles. The van der Waals surface area contributed by atoms with Gasteiger partial charge in [-0.15, -0.1) is 0 Å². The van der Waals surface area contributed by atoms with Gasteiger partial charge in [-0.25, -0.2) is 0 Å². The molecule has 8 aromatic rings. The Hall–Kier alpha value is -6.09. The quantitative estimate of drug-likeness (QED) is 0.113. The number of fused-ring (bicyclic) bond motifs is 2. The highest BCUT2D eigenvalue weighted by Gasteiger charge is 2.47. The summed E-state index contributed by atoms with van der Waals surface area (Å²) in [6.45, 7) is 0. The molecule has 0 saturated carbocycles. The number of benzene rings is 8. The summed E-state index contributed by atoms with van der Waals surface area (Å²) in [4.78, 5) is 0. The van der Waals surface area contributed by atoms with Crippen LogP contribution >= 0.6 is 7.26 Å². The van der Waals surface area contributed by atoms with Gasteiger partial charge in [0.15, 0.2) is 23.0 Å². The molecule has 4 nitrogen and oxygen atoms in total. The van der Waals surface area contributed by atoms with Crippen LogP contribution in [0, 0.1) is 0 Å². The highest BCUT2D eigenvalue weighted by molar-refractivity contribution is 8.01. The maximum atomic E-state index is 9.17. The zero-order valence-corrected chi connectivity index (χ0v) is 27.6. The smallest absolute Gasteiger partial charge is 0.158 e. The van der Waals surface area contributed by atoms with Crippen molar-refractivity contribution < 1.29 is 20.4 Å². The van der Waals surface area contributed by atoms with Crippen molar-refractivity contribution in [2.24, 2.45) is 0 Å². The summed E-state index contributed by atoms with van der Waals surface area (Å²) in [5.41, 5.74) is 0. The van der Waals surface area contributed by atoms with E-state index in [1.54, 1.807) is 24.3 Å². The zero-order valence-electron chi connectivity index (χ0n) is 26.7. The lowest BCUT2D eigenvalue weighted by atomic mass is 10.1. The van der Waals surface area contributed by atoms with E-state index in [4.69, 9.17) is 20.4 Å². The predicted molar refractivity (Wildman–Crippen MR) is 206 cm³/mol. The number of phenols is 4. The molecule has 5 heteroatoms. The Labute approximate surface area is 286 Å². The van der Waals surface area contributed by atoms with Gasteiger partial charge in [0.05, 0.1) is 0 Å². The second-order valence-electron chi connectivity index (χ2n) is 11.4. The molecule has 0 fully saturated rings. The molecule has 49 heavy (non-hydrogen) atoms. The standard InChI is InChI=1S/C24H20P.2C10H8O2/c1-5-13-21(14-6-1)25(22-15-7-2-8-16-22,23-17-9-3-10-18-23)24-19-11-4-12-20-24;2*11-9-5-7-3-1-2-4-8(7)6-10(9)12/h1-20H;2*1-6,11-12H/q+1;;. The van der Waals surface area contributed by atoms with Gasteiger partial charge in [0.1, 0.15) is 28.5 Å². The van der Waals surface area contributed by atoms with Crippen molar-refractivity contribution in [3.8, 4) is 23.0 Å². The van der Waals surface area contributed by atoms with Crippen LogP contribution in [0.4, 0.5) is 0 Å². The highest BCUT2D eigenvalue weighted by atomic mass is 31.2. The van der Waals surface area contributed by atoms with E-state index in [1.165, 1.54) is 21.2 Å². The number of rotatable bonds is 4. The van der Waals surface area contributed by atoms with Crippen LogP contribution in [0.25, 0.3) is 21.5 Å². The highest BCUT2D eigenvalue weighted by Crippen LogP contribution is 2.54. The minimum atomic E-state index is -1.91. The van der Waals surface area contributed by atoms with Gasteiger partial charge in [0.25, 0.3) is 0 Å². The fourth-order valence-electron chi connectivity index (χ4n) is 5.93. The third-order valence-electron chi connectivity index (χ3n) is 8.26. The summed E-state index contributed by atoms with van der Waals surface area (Å²) in [6.07, 6.45) is 0. The van der Waals surface area contributed by atoms with Crippen LogP contribution in [0.1, 0.15) is 0 Å². The van der Waals surface area contributed by atoms with Crippen molar-refractivity contribution in [2.45, 2.75) is 0 Å². The lowest BCUT2D eigenvalue weighted by Gasteiger charge is -2.27.